The molecule has 0 radical (unpaired) electrons. The number of likely N-dealkylation sites (tertiary alicyclic amines) is 2. The van der Waals surface area contributed by atoms with Gasteiger partial charge in [-0.15, -0.1) is 0 Å². The minimum Gasteiger partial charge on any atom is -0.478 e. The zero-order chi connectivity index (χ0) is 14.4. The van der Waals surface area contributed by atoms with E-state index in [1.165, 1.54) is 45.2 Å². The first-order valence-electron chi connectivity index (χ1n) is 8.09. The van der Waals surface area contributed by atoms with Crippen molar-refractivity contribution in [2.75, 3.05) is 32.7 Å². The van der Waals surface area contributed by atoms with Crippen molar-refractivity contribution < 1.29 is 9.90 Å². The molecule has 4 heteroatoms. The molecule has 0 aromatic carbocycles. The molecule has 114 valence electrons. The second kappa shape index (κ2) is 7.79. The summed E-state index contributed by atoms with van der Waals surface area (Å²) in [4.78, 5) is 16.0. The van der Waals surface area contributed by atoms with Gasteiger partial charge in [0.05, 0.1) is 0 Å². The van der Waals surface area contributed by atoms with Crippen molar-refractivity contribution >= 4 is 5.97 Å². The van der Waals surface area contributed by atoms with E-state index in [1.54, 1.807) is 0 Å². The van der Waals surface area contributed by atoms with E-state index in [0.717, 1.165) is 25.7 Å². The molecular weight excluding hydrogens is 252 g/mol. The maximum atomic E-state index is 11.0. The van der Waals surface area contributed by atoms with Crippen molar-refractivity contribution in [1.82, 2.24) is 9.80 Å². The van der Waals surface area contributed by atoms with Gasteiger partial charge in [0.1, 0.15) is 0 Å². The Hall–Kier alpha value is -0.870. The Kier molecular flexibility index (Phi) is 6.05. The standard InChI is InChI=1S/C16H28N2O2/c1-2-14(16(19)20)6-11-17-12-7-15(8-13-17)18-9-4-3-5-10-18/h6,15H,2-5,7-13H2,1H3,(H,19,20). The van der Waals surface area contributed by atoms with Gasteiger partial charge in [-0.2, -0.15) is 0 Å². The van der Waals surface area contributed by atoms with Crippen LogP contribution in [0.5, 0.6) is 0 Å². The van der Waals surface area contributed by atoms with Gasteiger partial charge in [-0.05, 0) is 58.3 Å². The van der Waals surface area contributed by atoms with Gasteiger partial charge in [0.25, 0.3) is 0 Å². The van der Waals surface area contributed by atoms with Crippen LogP contribution in [0, 0.1) is 0 Å². The molecule has 0 spiro atoms. The van der Waals surface area contributed by atoms with Crippen LogP contribution in [-0.2, 0) is 4.79 Å². The van der Waals surface area contributed by atoms with E-state index >= 15 is 0 Å². The van der Waals surface area contributed by atoms with Crippen molar-refractivity contribution in [3.63, 3.8) is 0 Å². The molecule has 2 fully saturated rings. The van der Waals surface area contributed by atoms with Crippen molar-refractivity contribution in [3.05, 3.63) is 11.6 Å². The Balaban J connectivity index is 1.75. The highest BCUT2D eigenvalue weighted by atomic mass is 16.4. The number of carboxylic acids is 1. The lowest BCUT2D eigenvalue weighted by atomic mass is 10.00. The predicted molar refractivity (Wildman–Crippen MR) is 80.9 cm³/mol. The lowest BCUT2D eigenvalue weighted by Crippen LogP contribution is -2.46. The third-order valence-corrected chi connectivity index (χ3v) is 4.72. The summed E-state index contributed by atoms with van der Waals surface area (Å²) in [6.45, 7) is 7.47. The second-order valence-electron chi connectivity index (χ2n) is 6.02. The summed E-state index contributed by atoms with van der Waals surface area (Å²) in [5.41, 5.74) is 0.545. The van der Waals surface area contributed by atoms with Crippen LogP contribution < -0.4 is 0 Å². The van der Waals surface area contributed by atoms with Gasteiger partial charge in [0, 0.05) is 18.2 Å². The van der Waals surface area contributed by atoms with E-state index in [-0.39, 0.29) is 0 Å². The minimum absolute atomic E-state index is 0.545. The minimum atomic E-state index is -0.768. The van der Waals surface area contributed by atoms with Crippen molar-refractivity contribution in [2.45, 2.75) is 51.5 Å². The Morgan fingerprint density at radius 2 is 1.80 bits per heavy atom. The van der Waals surface area contributed by atoms with Gasteiger partial charge in [-0.25, -0.2) is 4.79 Å². The highest BCUT2D eigenvalue weighted by Crippen LogP contribution is 2.20. The first-order valence-corrected chi connectivity index (χ1v) is 8.09. The molecule has 2 rings (SSSR count). The summed E-state index contributed by atoms with van der Waals surface area (Å²) in [7, 11) is 0. The summed E-state index contributed by atoms with van der Waals surface area (Å²) < 4.78 is 0. The molecule has 20 heavy (non-hydrogen) atoms. The Bertz CT molecular complexity index is 340. The Morgan fingerprint density at radius 3 is 2.35 bits per heavy atom. The molecule has 2 heterocycles. The lowest BCUT2D eigenvalue weighted by Gasteiger charge is -2.40. The van der Waals surface area contributed by atoms with Crippen LogP contribution in [0.1, 0.15) is 45.4 Å². The third kappa shape index (κ3) is 4.32. The molecule has 0 unspecified atom stereocenters. The Labute approximate surface area is 122 Å². The van der Waals surface area contributed by atoms with Crippen LogP contribution >= 0.6 is 0 Å². The molecule has 0 aliphatic carbocycles. The first kappa shape index (κ1) is 15.5. The SMILES string of the molecule is CCC(=CCN1CCC(N2CCCCC2)CC1)C(=O)O. The number of hydrogen-bond acceptors (Lipinski definition) is 3. The normalized spacial score (nSPS) is 23.9. The van der Waals surface area contributed by atoms with E-state index in [2.05, 4.69) is 9.80 Å². The third-order valence-electron chi connectivity index (χ3n) is 4.72. The largest absolute Gasteiger partial charge is 0.478 e. The quantitative estimate of drug-likeness (QED) is 0.785. The molecule has 4 nitrogen and oxygen atoms in total. The highest BCUT2D eigenvalue weighted by Gasteiger charge is 2.25. The van der Waals surface area contributed by atoms with E-state index in [0.29, 0.717) is 12.0 Å². The predicted octanol–water partition coefficient (Wildman–Crippen LogP) is 2.36. The fourth-order valence-corrected chi connectivity index (χ4v) is 3.37. The van der Waals surface area contributed by atoms with Gasteiger partial charge in [0.15, 0.2) is 0 Å². The van der Waals surface area contributed by atoms with Crippen LogP contribution in [0.15, 0.2) is 11.6 Å². The highest BCUT2D eigenvalue weighted by molar-refractivity contribution is 5.86. The van der Waals surface area contributed by atoms with E-state index in [1.807, 2.05) is 13.0 Å². The number of piperidine rings is 2. The van der Waals surface area contributed by atoms with Crippen molar-refractivity contribution in [3.8, 4) is 0 Å². The molecule has 0 aromatic heterocycles. The molecule has 0 saturated carbocycles. The number of carboxylic acid groups (broad SMARTS) is 1. The number of nitrogens with zero attached hydrogens (tertiary/aromatic N) is 2. The topological polar surface area (TPSA) is 43.8 Å². The summed E-state index contributed by atoms with van der Waals surface area (Å²) in [5, 5.41) is 9.02. The van der Waals surface area contributed by atoms with Gasteiger partial charge in [-0.3, -0.25) is 4.90 Å². The van der Waals surface area contributed by atoms with E-state index in [4.69, 9.17) is 5.11 Å². The number of carbonyl (C=O) groups is 1. The molecule has 2 aliphatic rings. The van der Waals surface area contributed by atoms with E-state index in [9.17, 15) is 4.79 Å². The summed E-state index contributed by atoms with van der Waals surface area (Å²) in [5.74, 6) is -0.768. The summed E-state index contributed by atoms with van der Waals surface area (Å²) in [6.07, 6.45) is 9.10. The molecule has 0 atom stereocenters. The average molecular weight is 280 g/mol. The summed E-state index contributed by atoms with van der Waals surface area (Å²) >= 11 is 0. The number of aliphatic carboxylic acids is 1. The Morgan fingerprint density at radius 1 is 1.15 bits per heavy atom. The summed E-state index contributed by atoms with van der Waals surface area (Å²) in [6, 6.07) is 0.764. The molecule has 0 bridgehead atoms. The van der Waals surface area contributed by atoms with Crippen molar-refractivity contribution in [2.24, 2.45) is 0 Å². The monoisotopic (exact) mass is 280 g/mol. The first-order chi connectivity index (χ1) is 9.70. The number of rotatable bonds is 5. The maximum absolute atomic E-state index is 11.0. The van der Waals surface area contributed by atoms with Gasteiger partial charge in [0.2, 0.25) is 0 Å². The second-order valence-corrected chi connectivity index (χ2v) is 6.02. The van der Waals surface area contributed by atoms with Crippen molar-refractivity contribution in [1.29, 1.82) is 0 Å². The average Bonchev–Trinajstić information content (AvgIpc) is 2.49. The van der Waals surface area contributed by atoms with Gasteiger partial charge >= 0.3 is 5.97 Å². The smallest absolute Gasteiger partial charge is 0.331 e. The molecule has 1 N–H and O–H groups in total. The molecule has 2 aliphatic heterocycles. The van der Waals surface area contributed by atoms with Gasteiger partial charge in [-0.1, -0.05) is 19.4 Å². The zero-order valence-electron chi connectivity index (χ0n) is 12.7. The molecule has 0 aromatic rings. The van der Waals surface area contributed by atoms with Crippen LogP contribution in [0.2, 0.25) is 0 Å². The van der Waals surface area contributed by atoms with Crippen LogP contribution in [0.4, 0.5) is 0 Å². The van der Waals surface area contributed by atoms with Crippen LogP contribution in [0.3, 0.4) is 0 Å². The molecular formula is C16H28N2O2. The fourth-order valence-electron chi connectivity index (χ4n) is 3.37. The van der Waals surface area contributed by atoms with E-state index < -0.39 is 5.97 Å². The lowest BCUT2D eigenvalue weighted by molar-refractivity contribution is -0.132. The fraction of sp³-hybridized carbons (Fsp3) is 0.812. The van der Waals surface area contributed by atoms with Gasteiger partial charge < -0.3 is 10.0 Å². The molecule has 0 amide bonds. The molecule has 2 saturated heterocycles. The maximum Gasteiger partial charge on any atom is 0.331 e. The number of hydrogen-bond donors (Lipinski definition) is 1. The van der Waals surface area contributed by atoms with Crippen LogP contribution in [0.25, 0.3) is 0 Å². The zero-order valence-corrected chi connectivity index (χ0v) is 12.7. The van der Waals surface area contributed by atoms with Crippen LogP contribution in [-0.4, -0.2) is 59.6 Å².